The molecule has 0 aliphatic heterocycles. The molecule has 0 atom stereocenters. The molecule has 0 saturated heterocycles. The van der Waals surface area contributed by atoms with Gasteiger partial charge in [-0.3, -0.25) is 5.32 Å². The van der Waals surface area contributed by atoms with Crippen LogP contribution in [0.25, 0.3) is 0 Å². The number of carbonyl (C=O) groups excluding carboxylic acids is 1. The van der Waals surface area contributed by atoms with E-state index in [1.807, 2.05) is 19.1 Å². The zero-order chi connectivity index (χ0) is 11.4. The van der Waals surface area contributed by atoms with Gasteiger partial charge in [0.15, 0.2) is 0 Å². The van der Waals surface area contributed by atoms with Gasteiger partial charge in [0, 0.05) is 12.7 Å². The highest BCUT2D eigenvalue weighted by molar-refractivity contribution is 5.87. The highest BCUT2D eigenvalue weighted by atomic mass is 16.2. The number of urea groups is 1. The summed E-state index contributed by atoms with van der Waals surface area (Å²) in [5, 5.41) is 5.12. The molecule has 0 radical (unpaired) electrons. The normalized spacial score (nSPS) is 10.2. The van der Waals surface area contributed by atoms with Crippen LogP contribution in [-0.2, 0) is 0 Å². The van der Waals surface area contributed by atoms with Gasteiger partial charge in [0.2, 0.25) is 0 Å². The highest BCUT2D eigenvalue weighted by Gasteiger charge is 2.06. The van der Waals surface area contributed by atoms with Crippen molar-refractivity contribution in [3.8, 4) is 0 Å². The molecule has 82 valence electrons. The smallest absolute Gasteiger partial charge is 0.320 e. The molecule has 1 rings (SSSR count). The Morgan fingerprint density at radius 1 is 1.40 bits per heavy atom. The van der Waals surface area contributed by atoms with Crippen molar-refractivity contribution in [1.82, 2.24) is 10.3 Å². The SMILES string of the molecule is CNC(=O)Nc1ccc(C(C)C)c(C)n1. The molecule has 1 heterocycles. The molecule has 0 fully saturated rings. The van der Waals surface area contributed by atoms with E-state index < -0.39 is 0 Å². The van der Waals surface area contributed by atoms with Crippen molar-refractivity contribution in [3.05, 3.63) is 23.4 Å². The molecule has 0 spiro atoms. The van der Waals surface area contributed by atoms with Crippen LogP contribution in [0, 0.1) is 6.92 Å². The van der Waals surface area contributed by atoms with Gasteiger partial charge in [-0.05, 0) is 24.5 Å². The fraction of sp³-hybridized carbons (Fsp3) is 0.455. The Morgan fingerprint density at radius 2 is 2.07 bits per heavy atom. The highest BCUT2D eigenvalue weighted by Crippen LogP contribution is 2.18. The standard InChI is InChI=1S/C11H17N3O/c1-7(2)9-5-6-10(13-8(9)3)14-11(15)12-4/h5-7H,1-4H3,(H2,12,13,14,15). The maximum atomic E-state index is 11.0. The number of rotatable bonds is 2. The number of nitrogens with one attached hydrogen (secondary N) is 2. The molecular weight excluding hydrogens is 190 g/mol. The number of carbonyl (C=O) groups is 1. The molecule has 4 heteroatoms. The Kier molecular flexibility index (Phi) is 3.66. The predicted molar refractivity (Wildman–Crippen MR) is 61.1 cm³/mol. The third-order valence-electron chi connectivity index (χ3n) is 2.22. The van der Waals surface area contributed by atoms with E-state index in [0.29, 0.717) is 11.7 Å². The van der Waals surface area contributed by atoms with E-state index in [-0.39, 0.29) is 6.03 Å². The van der Waals surface area contributed by atoms with E-state index in [9.17, 15) is 4.79 Å². The van der Waals surface area contributed by atoms with Gasteiger partial charge in [-0.1, -0.05) is 19.9 Å². The van der Waals surface area contributed by atoms with E-state index in [1.165, 1.54) is 5.56 Å². The van der Waals surface area contributed by atoms with Gasteiger partial charge in [0.05, 0.1) is 0 Å². The summed E-state index contributed by atoms with van der Waals surface area (Å²) in [7, 11) is 1.57. The maximum Gasteiger partial charge on any atom is 0.320 e. The second-order valence-electron chi connectivity index (χ2n) is 3.73. The van der Waals surface area contributed by atoms with E-state index in [0.717, 1.165) is 5.69 Å². The summed E-state index contributed by atoms with van der Waals surface area (Å²) in [5.74, 6) is 1.03. The minimum atomic E-state index is -0.251. The quantitative estimate of drug-likeness (QED) is 0.781. The molecule has 1 aromatic heterocycles. The van der Waals surface area contributed by atoms with Crippen LogP contribution in [0.3, 0.4) is 0 Å². The lowest BCUT2D eigenvalue weighted by Crippen LogP contribution is -2.25. The van der Waals surface area contributed by atoms with Gasteiger partial charge in [-0.15, -0.1) is 0 Å². The number of anilines is 1. The lowest BCUT2D eigenvalue weighted by Gasteiger charge is -2.10. The minimum Gasteiger partial charge on any atom is -0.341 e. The number of aromatic nitrogens is 1. The minimum absolute atomic E-state index is 0.251. The van der Waals surface area contributed by atoms with Crippen LogP contribution in [-0.4, -0.2) is 18.1 Å². The van der Waals surface area contributed by atoms with Crippen LogP contribution in [0.5, 0.6) is 0 Å². The summed E-state index contributed by atoms with van der Waals surface area (Å²) < 4.78 is 0. The van der Waals surface area contributed by atoms with Crippen molar-refractivity contribution in [2.75, 3.05) is 12.4 Å². The lowest BCUT2D eigenvalue weighted by atomic mass is 10.0. The van der Waals surface area contributed by atoms with Gasteiger partial charge in [0.25, 0.3) is 0 Å². The molecule has 0 bridgehead atoms. The molecule has 4 nitrogen and oxygen atoms in total. The average molecular weight is 207 g/mol. The molecule has 0 aliphatic carbocycles. The monoisotopic (exact) mass is 207 g/mol. The van der Waals surface area contributed by atoms with Crippen LogP contribution in [0.2, 0.25) is 0 Å². The lowest BCUT2D eigenvalue weighted by molar-refractivity contribution is 0.254. The number of nitrogens with zero attached hydrogens (tertiary/aromatic N) is 1. The maximum absolute atomic E-state index is 11.0. The number of hydrogen-bond acceptors (Lipinski definition) is 2. The third-order valence-corrected chi connectivity index (χ3v) is 2.22. The largest absolute Gasteiger partial charge is 0.341 e. The second-order valence-corrected chi connectivity index (χ2v) is 3.73. The number of hydrogen-bond donors (Lipinski definition) is 2. The number of amides is 2. The summed E-state index contributed by atoms with van der Waals surface area (Å²) >= 11 is 0. The molecule has 0 saturated carbocycles. The van der Waals surface area contributed by atoms with Crippen molar-refractivity contribution in [3.63, 3.8) is 0 Å². The van der Waals surface area contributed by atoms with Crippen molar-refractivity contribution in [1.29, 1.82) is 0 Å². The Labute approximate surface area is 90.1 Å². The first-order valence-electron chi connectivity index (χ1n) is 5.01. The molecule has 0 unspecified atom stereocenters. The summed E-state index contributed by atoms with van der Waals surface area (Å²) in [4.78, 5) is 15.4. The van der Waals surface area contributed by atoms with Crippen LogP contribution >= 0.6 is 0 Å². The molecule has 0 aliphatic rings. The first kappa shape index (κ1) is 11.5. The van der Waals surface area contributed by atoms with Crippen LogP contribution in [0.15, 0.2) is 12.1 Å². The van der Waals surface area contributed by atoms with Crippen LogP contribution < -0.4 is 10.6 Å². The predicted octanol–water partition coefficient (Wildman–Crippen LogP) is 2.26. The van der Waals surface area contributed by atoms with E-state index in [4.69, 9.17) is 0 Å². The zero-order valence-electron chi connectivity index (χ0n) is 9.59. The van der Waals surface area contributed by atoms with Gasteiger partial charge in [-0.25, -0.2) is 9.78 Å². The fourth-order valence-corrected chi connectivity index (χ4v) is 1.43. The Balaban J connectivity index is 2.87. The Hall–Kier alpha value is -1.58. The van der Waals surface area contributed by atoms with Gasteiger partial charge in [0.1, 0.15) is 5.82 Å². The Bertz CT molecular complexity index is 361. The van der Waals surface area contributed by atoms with Crippen molar-refractivity contribution >= 4 is 11.8 Å². The summed E-state index contributed by atoms with van der Waals surface area (Å²) in [5.41, 5.74) is 2.16. The summed E-state index contributed by atoms with van der Waals surface area (Å²) in [6, 6.07) is 3.56. The van der Waals surface area contributed by atoms with Gasteiger partial charge in [-0.2, -0.15) is 0 Å². The van der Waals surface area contributed by atoms with Crippen LogP contribution in [0.4, 0.5) is 10.6 Å². The van der Waals surface area contributed by atoms with Crippen molar-refractivity contribution < 1.29 is 4.79 Å². The molecule has 1 aromatic rings. The zero-order valence-corrected chi connectivity index (χ0v) is 9.59. The third kappa shape index (κ3) is 2.94. The van der Waals surface area contributed by atoms with Gasteiger partial charge >= 0.3 is 6.03 Å². The van der Waals surface area contributed by atoms with E-state index >= 15 is 0 Å². The molecule has 2 amide bonds. The molecule has 2 N–H and O–H groups in total. The van der Waals surface area contributed by atoms with E-state index in [2.05, 4.69) is 29.5 Å². The van der Waals surface area contributed by atoms with Crippen molar-refractivity contribution in [2.45, 2.75) is 26.7 Å². The summed E-state index contributed by atoms with van der Waals surface area (Å²) in [6.45, 7) is 6.19. The first-order chi connectivity index (χ1) is 7.04. The average Bonchev–Trinajstić information content (AvgIpc) is 2.17. The topological polar surface area (TPSA) is 54.0 Å². The van der Waals surface area contributed by atoms with Crippen molar-refractivity contribution in [2.24, 2.45) is 0 Å². The Morgan fingerprint density at radius 3 is 2.53 bits per heavy atom. The molecule has 15 heavy (non-hydrogen) atoms. The molecule has 0 aromatic carbocycles. The van der Waals surface area contributed by atoms with Crippen LogP contribution in [0.1, 0.15) is 31.0 Å². The molecular formula is C11H17N3O. The summed E-state index contributed by atoms with van der Waals surface area (Å²) in [6.07, 6.45) is 0. The van der Waals surface area contributed by atoms with E-state index in [1.54, 1.807) is 7.05 Å². The first-order valence-corrected chi connectivity index (χ1v) is 5.01. The number of pyridine rings is 1. The number of aryl methyl sites for hydroxylation is 1. The van der Waals surface area contributed by atoms with Gasteiger partial charge < -0.3 is 5.32 Å². The fourth-order valence-electron chi connectivity index (χ4n) is 1.43. The second kappa shape index (κ2) is 4.77.